The van der Waals surface area contributed by atoms with Crippen LogP contribution in [0.3, 0.4) is 0 Å². The quantitative estimate of drug-likeness (QED) is 0.660. The first kappa shape index (κ1) is 15.0. The van der Waals surface area contributed by atoms with Gasteiger partial charge >= 0.3 is 0 Å². The summed E-state index contributed by atoms with van der Waals surface area (Å²) in [5.74, 6) is 1.51. The van der Waals surface area contributed by atoms with Crippen molar-refractivity contribution in [2.24, 2.45) is 5.73 Å². The summed E-state index contributed by atoms with van der Waals surface area (Å²) >= 11 is 0. The topological polar surface area (TPSA) is 72.0 Å². The average Bonchev–Trinajstić information content (AvgIpc) is 2.40. The number of nitrogens with two attached hydrogens (primary N) is 1. The Morgan fingerprint density at radius 1 is 1.19 bits per heavy atom. The van der Waals surface area contributed by atoms with Gasteiger partial charge in [0, 0.05) is 5.69 Å². The van der Waals surface area contributed by atoms with Crippen LogP contribution in [-0.2, 0) is 0 Å². The summed E-state index contributed by atoms with van der Waals surface area (Å²) in [6, 6.07) is 9.74. The summed E-state index contributed by atoms with van der Waals surface area (Å²) in [5, 5.41) is 7.63. The van der Waals surface area contributed by atoms with Crippen molar-refractivity contribution in [3.8, 4) is 11.6 Å². The molecule has 2 aromatic rings. The molecule has 0 aliphatic heterocycles. The predicted octanol–water partition coefficient (Wildman–Crippen LogP) is 3.90. The Hall–Kier alpha value is -2.36. The standard InChI is InChI=1S/C17H21N3O/c1-10(2)13-7-5-11(3)15(9-13)21-17-14(16(18)19)8-6-12(4)20-17/h5-10H,1-4H3,(H3,18,19). The maximum absolute atomic E-state index is 7.63. The molecular formula is C17H21N3O. The number of amidine groups is 1. The van der Waals surface area contributed by atoms with E-state index in [0.29, 0.717) is 17.4 Å². The van der Waals surface area contributed by atoms with Gasteiger partial charge in [0.15, 0.2) is 0 Å². The van der Waals surface area contributed by atoms with Crippen LogP contribution >= 0.6 is 0 Å². The molecule has 0 aliphatic rings. The number of aryl methyl sites for hydroxylation is 2. The maximum atomic E-state index is 7.63. The van der Waals surface area contributed by atoms with Gasteiger partial charge in [0.25, 0.3) is 0 Å². The second kappa shape index (κ2) is 5.95. The number of nitrogen functional groups attached to an aromatic ring is 1. The highest BCUT2D eigenvalue weighted by Gasteiger charge is 2.12. The number of aromatic nitrogens is 1. The molecule has 1 heterocycles. The Balaban J connectivity index is 2.44. The smallest absolute Gasteiger partial charge is 0.230 e. The second-order valence-electron chi connectivity index (χ2n) is 5.50. The molecule has 1 aromatic carbocycles. The molecule has 21 heavy (non-hydrogen) atoms. The molecule has 110 valence electrons. The minimum absolute atomic E-state index is 0.0461. The Morgan fingerprint density at radius 3 is 2.52 bits per heavy atom. The number of hydrogen-bond donors (Lipinski definition) is 2. The van der Waals surface area contributed by atoms with Gasteiger partial charge in [0.2, 0.25) is 5.88 Å². The van der Waals surface area contributed by atoms with Crippen LogP contribution < -0.4 is 10.5 Å². The van der Waals surface area contributed by atoms with E-state index in [-0.39, 0.29) is 5.84 Å². The molecule has 0 fully saturated rings. The van der Waals surface area contributed by atoms with Gasteiger partial charge in [-0.05, 0) is 49.1 Å². The van der Waals surface area contributed by atoms with E-state index in [1.165, 1.54) is 5.56 Å². The lowest BCUT2D eigenvalue weighted by Crippen LogP contribution is -2.13. The summed E-state index contributed by atoms with van der Waals surface area (Å²) in [5.41, 5.74) is 9.16. The SMILES string of the molecule is Cc1ccc(C(=N)N)c(Oc2cc(C(C)C)ccc2C)n1. The largest absolute Gasteiger partial charge is 0.438 e. The van der Waals surface area contributed by atoms with Gasteiger partial charge in [-0.25, -0.2) is 4.98 Å². The van der Waals surface area contributed by atoms with E-state index in [4.69, 9.17) is 15.9 Å². The van der Waals surface area contributed by atoms with Crippen molar-refractivity contribution in [3.63, 3.8) is 0 Å². The first-order valence-corrected chi connectivity index (χ1v) is 6.99. The third kappa shape index (κ3) is 3.40. The molecule has 0 unspecified atom stereocenters. The van der Waals surface area contributed by atoms with Crippen molar-refractivity contribution in [2.75, 3.05) is 0 Å². The van der Waals surface area contributed by atoms with E-state index in [1.807, 2.05) is 32.0 Å². The molecule has 2 rings (SSSR count). The number of nitrogens with one attached hydrogen (secondary N) is 1. The molecule has 0 atom stereocenters. The van der Waals surface area contributed by atoms with Crippen LogP contribution in [0, 0.1) is 19.3 Å². The van der Waals surface area contributed by atoms with Gasteiger partial charge in [-0.3, -0.25) is 5.41 Å². The summed E-state index contributed by atoms with van der Waals surface area (Å²) in [6.07, 6.45) is 0. The molecule has 1 aromatic heterocycles. The zero-order valence-corrected chi connectivity index (χ0v) is 12.9. The Labute approximate surface area is 125 Å². The molecule has 0 bridgehead atoms. The van der Waals surface area contributed by atoms with Crippen molar-refractivity contribution in [3.05, 3.63) is 52.7 Å². The molecule has 0 aliphatic carbocycles. The summed E-state index contributed by atoms with van der Waals surface area (Å²) < 4.78 is 5.94. The average molecular weight is 283 g/mol. The van der Waals surface area contributed by atoms with Crippen LogP contribution in [0.4, 0.5) is 0 Å². The van der Waals surface area contributed by atoms with Crippen molar-refractivity contribution >= 4 is 5.84 Å². The molecule has 3 N–H and O–H groups in total. The highest BCUT2D eigenvalue weighted by Crippen LogP contribution is 2.29. The van der Waals surface area contributed by atoms with Gasteiger partial charge in [0.1, 0.15) is 11.6 Å². The Bertz CT molecular complexity index is 678. The summed E-state index contributed by atoms with van der Waals surface area (Å²) in [4.78, 5) is 4.36. The minimum Gasteiger partial charge on any atom is -0.438 e. The van der Waals surface area contributed by atoms with Crippen molar-refractivity contribution < 1.29 is 4.74 Å². The molecule has 0 saturated carbocycles. The fraction of sp³-hybridized carbons (Fsp3) is 0.294. The molecule has 4 heteroatoms. The lowest BCUT2D eigenvalue weighted by atomic mass is 10.0. The van der Waals surface area contributed by atoms with Gasteiger partial charge < -0.3 is 10.5 Å². The molecule has 0 spiro atoms. The van der Waals surface area contributed by atoms with E-state index in [1.54, 1.807) is 6.07 Å². The van der Waals surface area contributed by atoms with Crippen molar-refractivity contribution in [2.45, 2.75) is 33.6 Å². The lowest BCUT2D eigenvalue weighted by Gasteiger charge is -2.14. The van der Waals surface area contributed by atoms with E-state index in [0.717, 1.165) is 17.0 Å². The molecular weight excluding hydrogens is 262 g/mol. The fourth-order valence-corrected chi connectivity index (χ4v) is 2.01. The number of ether oxygens (including phenoxy) is 1. The first-order chi connectivity index (χ1) is 9.88. The van der Waals surface area contributed by atoms with E-state index in [9.17, 15) is 0 Å². The molecule has 4 nitrogen and oxygen atoms in total. The van der Waals surface area contributed by atoms with Gasteiger partial charge in [-0.15, -0.1) is 0 Å². The normalized spacial score (nSPS) is 10.7. The first-order valence-electron chi connectivity index (χ1n) is 6.99. The lowest BCUT2D eigenvalue weighted by molar-refractivity contribution is 0.456. The van der Waals surface area contributed by atoms with Crippen LogP contribution in [0.15, 0.2) is 30.3 Å². The van der Waals surface area contributed by atoms with Gasteiger partial charge in [-0.2, -0.15) is 0 Å². The number of nitrogens with zero attached hydrogens (tertiary/aromatic N) is 1. The van der Waals surface area contributed by atoms with Crippen LogP contribution in [-0.4, -0.2) is 10.8 Å². The predicted molar refractivity (Wildman–Crippen MR) is 85.3 cm³/mol. The van der Waals surface area contributed by atoms with Crippen molar-refractivity contribution in [1.29, 1.82) is 5.41 Å². The molecule has 0 radical (unpaired) electrons. The number of hydrogen-bond acceptors (Lipinski definition) is 3. The highest BCUT2D eigenvalue weighted by atomic mass is 16.5. The summed E-state index contributed by atoms with van der Waals surface area (Å²) in [6.45, 7) is 8.15. The highest BCUT2D eigenvalue weighted by molar-refractivity contribution is 5.97. The van der Waals surface area contributed by atoms with Crippen LogP contribution in [0.25, 0.3) is 0 Å². The van der Waals surface area contributed by atoms with E-state index < -0.39 is 0 Å². The minimum atomic E-state index is -0.0461. The van der Waals surface area contributed by atoms with E-state index in [2.05, 4.69) is 24.9 Å². The third-order valence-corrected chi connectivity index (χ3v) is 3.38. The maximum Gasteiger partial charge on any atom is 0.230 e. The zero-order valence-electron chi connectivity index (χ0n) is 12.9. The molecule has 0 saturated heterocycles. The number of benzene rings is 1. The zero-order chi connectivity index (χ0) is 15.6. The van der Waals surface area contributed by atoms with Gasteiger partial charge in [0.05, 0.1) is 5.56 Å². The Morgan fingerprint density at radius 2 is 1.90 bits per heavy atom. The van der Waals surface area contributed by atoms with Crippen LogP contribution in [0.5, 0.6) is 11.6 Å². The second-order valence-corrected chi connectivity index (χ2v) is 5.50. The van der Waals surface area contributed by atoms with E-state index >= 15 is 0 Å². The monoisotopic (exact) mass is 283 g/mol. The number of pyridine rings is 1. The van der Waals surface area contributed by atoms with Crippen LogP contribution in [0.2, 0.25) is 0 Å². The third-order valence-electron chi connectivity index (χ3n) is 3.38. The number of rotatable bonds is 4. The van der Waals surface area contributed by atoms with Crippen molar-refractivity contribution in [1.82, 2.24) is 4.98 Å². The molecule has 0 amide bonds. The Kier molecular flexibility index (Phi) is 4.26. The fourth-order valence-electron chi connectivity index (χ4n) is 2.01. The van der Waals surface area contributed by atoms with Gasteiger partial charge in [-0.1, -0.05) is 26.0 Å². The van der Waals surface area contributed by atoms with Crippen LogP contribution in [0.1, 0.15) is 42.1 Å². The summed E-state index contributed by atoms with van der Waals surface area (Å²) in [7, 11) is 0.